The molecule has 122 valence electrons. The van der Waals surface area contributed by atoms with Crippen LogP contribution in [0.1, 0.15) is 0 Å². The van der Waals surface area contributed by atoms with Crippen LogP contribution in [0.3, 0.4) is 0 Å². The molecule has 2 aromatic heterocycles. The molecule has 0 spiro atoms. The lowest BCUT2D eigenvalue weighted by Gasteiger charge is -2.03. The maximum atomic E-state index is 11.1. The molecule has 0 saturated heterocycles. The first-order valence-electron chi connectivity index (χ1n) is 6.32. The number of furan rings is 1. The number of hydrogen-bond donors (Lipinski definition) is 1. The van der Waals surface area contributed by atoms with Gasteiger partial charge in [0.05, 0.1) is 27.1 Å². The molecule has 0 amide bonds. The Balaban J connectivity index is 1.97. The normalized spacial score (nSPS) is 10.7. The summed E-state index contributed by atoms with van der Waals surface area (Å²) in [7, 11) is 0. The quantitative estimate of drug-likeness (QED) is 0.414. The third-order valence-electron chi connectivity index (χ3n) is 2.96. The number of nitrogen functional groups attached to an aromatic ring is 1. The van der Waals surface area contributed by atoms with Gasteiger partial charge in [0.25, 0.3) is 11.4 Å². The molecule has 0 bridgehead atoms. The summed E-state index contributed by atoms with van der Waals surface area (Å²) in [5, 5.41) is 29.8. The van der Waals surface area contributed by atoms with Crippen LogP contribution in [0.2, 0.25) is 0 Å². The lowest BCUT2D eigenvalue weighted by Crippen LogP contribution is -2.11. The van der Waals surface area contributed by atoms with Crippen molar-refractivity contribution in [2.75, 3.05) is 5.84 Å². The maximum Gasteiger partial charge on any atom is 0.290 e. The molecule has 2 heterocycles. The molecule has 11 nitrogen and oxygen atoms in total. The van der Waals surface area contributed by atoms with Crippen molar-refractivity contribution in [1.82, 2.24) is 14.9 Å². The monoisotopic (exact) mass is 348 g/mol. The SMILES string of the molecule is Nn1c(Sc2ccc([N+](=O)[O-])cc2[N+](=O)[O-])nnc1-c1ccco1. The summed E-state index contributed by atoms with van der Waals surface area (Å²) in [6.07, 6.45) is 1.44. The van der Waals surface area contributed by atoms with E-state index < -0.39 is 15.5 Å². The zero-order chi connectivity index (χ0) is 17.3. The Morgan fingerprint density at radius 1 is 1.17 bits per heavy atom. The van der Waals surface area contributed by atoms with E-state index in [4.69, 9.17) is 10.3 Å². The first-order valence-corrected chi connectivity index (χ1v) is 7.14. The molecule has 0 fully saturated rings. The summed E-state index contributed by atoms with van der Waals surface area (Å²) in [4.78, 5) is 20.6. The van der Waals surface area contributed by atoms with E-state index in [1.54, 1.807) is 12.1 Å². The third kappa shape index (κ3) is 2.77. The van der Waals surface area contributed by atoms with E-state index >= 15 is 0 Å². The van der Waals surface area contributed by atoms with E-state index in [2.05, 4.69) is 10.2 Å². The first kappa shape index (κ1) is 15.5. The molecule has 0 aliphatic heterocycles. The smallest absolute Gasteiger partial charge is 0.290 e. The Morgan fingerprint density at radius 3 is 2.58 bits per heavy atom. The van der Waals surface area contributed by atoms with Crippen molar-refractivity contribution in [1.29, 1.82) is 0 Å². The minimum absolute atomic E-state index is 0.149. The Kier molecular flexibility index (Phi) is 3.87. The summed E-state index contributed by atoms with van der Waals surface area (Å²) >= 11 is 0.866. The standard InChI is InChI=1S/C12H8N6O5S/c13-16-11(9-2-1-5-23-9)14-15-12(16)24-10-4-3-7(17(19)20)6-8(10)18(21)22/h1-6H,13H2. The zero-order valence-corrected chi connectivity index (χ0v) is 12.5. The number of non-ortho nitro benzene ring substituents is 1. The minimum Gasteiger partial charge on any atom is -0.461 e. The number of benzene rings is 1. The summed E-state index contributed by atoms with van der Waals surface area (Å²) in [6, 6.07) is 6.60. The van der Waals surface area contributed by atoms with E-state index in [9.17, 15) is 20.2 Å². The average Bonchev–Trinajstić information content (AvgIpc) is 3.18. The van der Waals surface area contributed by atoms with Gasteiger partial charge in [0.15, 0.2) is 5.76 Å². The Hall–Kier alpha value is -3.41. The van der Waals surface area contributed by atoms with Gasteiger partial charge in [0.2, 0.25) is 11.0 Å². The van der Waals surface area contributed by atoms with Crippen molar-refractivity contribution in [3.8, 4) is 11.6 Å². The number of hydrogen-bond acceptors (Lipinski definition) is 9. The van der Waals surface area contributed by atoms with Gasteiger partial charge in [-0.3, -0.25) is 20.2 Å². The number of nitrogens with zero attached hydrogens (tertiary/aromatic N) is 5. The molecular weight excluding hydrogens is 340 g/mol. The van der Waals surface area contributed by atoms with Crippen LogP contribution in [-0.2, 0) is 0 Å². The second-order valence-electron chi connectivity index (χ2n) is 4.42. The fourth-order valence-corrected chi connectivity index (χ4v) is 2.70. The van der Waals surface area contributed by atoms with Crippen molar-refractivity contribution >= 4 is 23.1 Å². The minimum atomic E-state index is -0.708. The van der Waals surface area contributed by atoms with Crippen LogP contribution >= 0.6 is 11.8 Å². The predicted molar refractivity (Wildman–Crippen MR) is 81.7 cm³/mol. The van der Waals surface area contributed by atoms with Gasteiger partial charge in [-0.25, -0.2) is 4.68 Å². The molecule has 3 aromatic rings. The van der Waals surface area contributed by atoms with Crippen LogP contribution < -0.4 is 5.84 Å². The summed E-state index contributed by atoms with van der Waals surface area (Å²) in [5.74, 6) is 6.51. The summed E-state index contributed by atoms with van der Waals surface area (Å²) in [6.45, 7) is 0. The van der Waals surface area contributed by atoms with Gasteiger partial charge in [0, 0.05) is 6.07 Å². The Bertz CT molecular complexity index is 922. The third-order valence-corrected chi connectivity index (χ3v) is 3.98. The number of nitrogens with two attached hydrogens (primary N) is 1. The Labute approximate surface area is 137 Å². The second-order valence-corrected chi connectivity index (χ2v) is 5.43. The van der Waals surface area contributed by atoms with Crippen molar-refractivity contribution in [2.45, 2.75) is 10.1 Å². The highest BCUT2D eigenvalue weighted by Crippen LogP contribution is 2.36. The van der Waals surface area contributed by atoms with Crippen LogP contribution in [0.15, 0.2) is 51.1 Å². The van der Waals surface area contributed by atoms with Crippen molar-refractivity contribution < 1.29 is 14.3 Å². The lowest BCUT2D eigenvalue weighted by molar-refractivity contribution is -0.396. The second kappa shape index (κ2) is 6.00. The molecule has 24 heavy (non-hydrogen) atoms. The topological polar surface area (TPSA) is 156 Å². The molecule has 1 aromatic carbocycles. The molecule has 2 N–H and O–H groups in total. The molecule has 0 radical (unpaired) electrons. The van der Waals surface area contributed by atoms with Crippen LogP contribution in [0.4, 0.5) is 11.4 Å². The molecule has 12 heteroatoms. The van der Waals surface area contributed by atoms with Gasteiger partial charge in [-0.15, -0.1) is 10.2 Å². The largest absolute Gasteiger partial charge is 0.461 e. The van der Waals surface area contributed by atoms with Gasteiger partial charge < -0.3 is 10.3 Å². The van der Waals surface area contributed by atoms with Crippen molar-refractivity contribution in [2.24, 2.45) is 0 Å². The van der Waals surface area contributed by atoms with Crippen LogP contribution in [-0.4, -0.2) is 24.7 Å². The van der Waals surface area contributed by atoms with Gasteiger partial charge in [-0.1, -0.05) is 0 Å². The molecule has 3 rings (SSSR count). The number of nitro benzene ring substituents is 2. The fourth-order valence-electron chi connectivity index (χ4n) is 1.87. The van der Waals surface area contributed by atoms with Gasteiger partial charge in [-0.2, -0.15) is 0 Å². The molecule has 0 aliphatic carbocycles. The Morgan fingerprint density at radius 2 is 1.96 bits per heavy atom. The maximum absolute atomic E-state index is 11.1. The van der Waals surface area contributed by atoms with E-state index in [-0.39, 0.29) is 21.6 Å². The fraction of sp³-hybridized carbons (Fsp3) is 0. The predicted octanol–water partition coefficient (Wildman–Crippen LogP) is 2.22. The van der Waals surface area contributed by atoms with Gasteiger partial charge in [0.1, 0.15) is 0 Å². The van der Waals surface area contributed by atoms with Gasteiger partial charge >= 0.3 is 0 Å². The highest BCUT2D eigenvalue weighted by molar-refractivity contribution is 7.99. The molecule has 0 unspecified atom stereocenters. The molecular formula is C12H8N6O5S. The van der Waals surface area contributed by atoms with Crippen LogP contribution in [0.25, 0.3) is 11.6 Å². The number of rotatable bonds is 5. The van der Waals surface area contributed by atoms with E-state index in [1.807, 2.05) is 0 Å². The van der Waals surface area contributed by atoms with E-state index in [1.165, 1.54) is 18.4 Å². The van der Waals surface area contributed by atoms with E-state index in [0.717, 1.165) is 22.5 Å². The molecule has 0 saturated carbocycles. The lowest BCUT2D eigenvalue weighted by atomic mass is 10.3. The van der Waals surface area contributed by atoms with Crippen LogP contribution in [0.5, 0.6) is 0 Å². The number of nitro groups is 2. The summed E-state index contributed by atoms with van der Waals surface area (Å²) in [5.41, 5.74) is -0.798. The highest BCUT2D eigenvalue weighted by atomic mass is 32.2. The van der Waals surface area contributed by atoms with Gasteiger partial charge in [-0.05, 0) is 30.0 Å². The molecule has 0 atom stereocenters. The average molecular weight is 348 g/mol. The highest BCUT2D eigenvalue weighted by Gasteiger charge is 2.23. The number of aromatic nitrogens is 3. The first-order chi connectivity index (χ1) is 11.5. The molecule has 0 aliphatic rings. The zero-order valence-electron chi connectivity index (χ0n) is 11.7. The van der Waals surface area contributed by atoms with Crippen LogP contribution in [0, 0.1) is 20.2 Å². The van der Waals surface area contributed by atoms with E-state index in [0.29, 0.717) is 5.76 Å². The van der Waals surface area contributed by atoms with Crippen molar-refractivity contribution in [3.63, 3.8) is 0 Å². The van der Waals surface area contributed by atoms with Crippen molar-refractivity contribution in [3.05, 3.63) is 56.8 Å². The summed E-state index contributed by atoms with van der Waals surface area (Å²) < 4.78 is 6.29.